The monoisotopic (exact) mass is 510 g/mol. The number of hydrogen-bond acceptors (Lipinski definition) is 4. The number of sulfone groups is 1. The summed E-state index contributed by atoms with van der Waals surface area (Å²) >= 11 is 2.21. The molecule has 2 aromatic carbocycles. The third-order valence-electron chi connectivity index (χ3n) is 4.21. The van der Waals surface area contributed by atoms with E-state index < -0.39 is 9.84 Å². The second kappa shape index (κ2) is 9.19. The van der Waals surface area contributed by atoms with E-state index in [0.29, 0.717) is 18.7 Å². The smallest absolute Gasteiger partial charge is 0.233 e. The summed E-state index contributed by atoms with van der Waals surface area (Å²) in [5.74, 6) is 0. The van der Waals surface area contributed by atoms with Gasteiger partial charge in [0.25, 0.3) is 0 Å². The number of aryl methyl sites for hydroxylation is 2. The summed E-state index contributed by atoms with van der Waals surface area (Å²) in [6.45, 7) is 5.38. The molecule has 0 radical (unpaired) electrons. The fraction of sp³-hybridized carbons (Fsp3) is 0.286. The lowest BCUT2D eigenvalue weighted by Crippen LogP contribution is -2.10. The maximum Gasteiger partial charge on any atom is 0.233 e. The number of imidazole rings is 1. The number of halogens is 1. The van der Waals surface area contributed by atoms with Gasteiger partial charge in [-0.1, -0.05) is 64.0 Å². The van der Waals surface area contributed by atoms with Crippen LogP contribution in [0.4, 0.5) is 0 Å². The molecule has 0 aliphatic heterocycles. The first-order valence-corrected chi connectivity index (χ1v) is 12.1. The molecule has 148 valence electrons. The van der Waals surface area contributed by atoms with Gasteiger partial charge < -0.3 is 9.30 Å². The lowest BCUT2D eigenvalue weighted by atomic mass is 10.1. The summed E-state index contributed by atoms with van der Waals surface area (Å²) in [6.07, 6.45) is 1.53. The predicted molar refractivity (Wildman–Crippen MR) is 121 cm³/mol. The Kier molecular flexibility index (Phi) is 6.90. The van der Waals surface area contributed by atoms with Crippen LogP contribution in [0.15, 0.2) is 59.1 Å². The van der Waals surface area contributed by atoms with Crippen LogP contribution in [0.1, 0.15) is 16.7 Å². The fourth-order valence-corrected chi connectivity index (χ4v) is 4.66. The molecule has 28 heavy (non-hydrogen) atoms. The molecular formula is C21H23IN2O3S. The number of fused-ring (bicyclic) bond motifs is 1. The Labute approximate surface area is 179 Å². The molecule has 0 aliphatic carbocycles. The van der Waals surface area contributed by atoms with Crippen molar-refractivity contribution in [1.29, 1.82) is 0 Å². The zero-order valence-corrected chi connectivity index (χ0v) is 18.9. The van der Waals surface area contributed by atoms with Gasteiger partial charge in [-0.25, -0.2) is 13.4 Å². The molecule has 1 aromatic heterocycles. The molecule has 1 heterocycles. The Balaban J connectivity index is 2.01. The van der Waals surface area contributed by atoms with Crippen LogP contribution in [0.3, 0.4) is 0 Å². The van der Waals surface area contributed by atoms with Gasteiger partial charge in [0.2, 0.25) is 15.0 Å². The van der Waals surface area contributed by atoms with Gasteiger partial charge in [0.1, 0.15) is 0 Å². The van der Waals surface area contributed by atoms with Gasteiger partial charge in [-0.2, -0.15) is 0 Å². The van der Waals surface area contributed by atoms with Gasteiger partial charge in [-0.15, -0.1) is 0 Å². The third-order valence-corrected chi connectivity index (χ3v) is 6.02. The standard InChI is InChI=1S/C21H23IN2O3S/c1-16-12-17(2)14-18(13-16)15-24-20-7-4-3-6-19(20)23-21(24)28(25,26)11-5-9-27-10-8-22/h3-7,11-14H,8-10,15H2,1-2H3/b11-5+. The number of nitrogens with zero attached hydrogens (tertiary/aromatic N) is 2. The zero-order chi connectivity index (χ0) is 20.1. The van der Waals surface area contributed by atoms with E-state index in [1.54, 1.807) is 4.57 Å². The summed E-state index contributed by atoms with van der Waals surface area (Å²) < 4.78 is 33.9. The number of hydrogen-bond donors (Lipinski definition) is 0. The first kappa shape index (κ1) is 21.0. The van der Waals surface area contributed by atoms with E-state index in [-0.39, 0.29) is 11.8 Å². The number of benzene rings is 2. The van der Waals surface area contributed by atoms with Crippen molar-refractivity contribution >= 4 is 43.5 Å². The molecule has 5 nitrogen and oxygen atoms in total. The van der Waals surface area contributed by atoms with E-state index in [1.165, 1.54) is 11.5 Å². The quantitative estimate of drug-likeness (QED) is 0.256. The van der Waals surface area contributed by atoms with Crippen LogP contribution in [-0.2, 0) is 21.1 Å². The molecule has 0 spiro atoms. The first-order chi connectivity index (χ1) is 13.4. The zero-order valence-electron chi connectivity index (χ0n) is 15.9. The van der Waals surface area contributed by atoms with Gasteiger partial charge in [-0.3, -0.25) is 0 Å². The maximum atomic E-state index is 13.0. The topological polar surface area (TPSA) is 61.2 Å². The highest BCUT2D eigenvalue weighted by atomic mass is 127. The van der Waals surface area contributed by atoms with Gasteiger partial charge in [0.05, 0.1) is 30.8 Å². The normalized spacial score (nSPS) is 12.2. The van der Waals surface area contributed by atoms with Gasteiger partial charge in [-0.05, 0) is 37.6 Å². The van der Waals surface area contributed by atoms with Crippen molar-refractivity contribution in [2.45, 2.75) is 25.5 Å². The van der Waals surface area contributed by atoms with Crippen molar-refractivity contribution in [3.05, 3.63) is 70.6 Å². The van der Waals surface area contributed by atoms with E-state index in [9.17, 15) is 8.42 Å². The number of rotatable bonds is 8. The van der Waals surface area contributed by atoms with Crippen LogP contribution in [0.5, 0.6) is 0 Å². The molecule has 3 aromatic rings. The van der Waals surface area contributed by atoms with Crippen LogP contribution in [0.2, 0.25) is 0 Å². The molecular weight excluding hydrogens is 487 g/mol. The van der Waals surface area contributed by atoms with Crippen LogP contribution in [0.25, 0.3) is 11.0 Å². The van der Waals surface area contributed by atoms with Crippen LogP contribution < -0.4 is 0 Å². The highest BCUT2D eigenvalue weighted by Gasteiger charge is 2.21. The number of aromatic nitrogens is 2. The molecule has 0 aliphatic rings. The summed E-state index contributed by atoms with van der Waals surface area (Å²) in [6, 6.07) is 13.7. The summed E-state index contributed by atoms with van der Waals surface area (Å²) in [7, 11) is -3.69. The molecule has 0 unspecified atom stereocenters. The molecule has 3 rings (SSSR count). The Hall–Kier alpha value is -1.71. The van der Waals surface area contributed by atoms with Gasteiger partial charge in [0.15, 0.2) is 0 Å². The SMILES string of the molecule is Cc1cc(C)cc(Cn2c(S(=O)(=O)/C=C/COCCI)nc3ccccc32)c1. The summed E-state index contributed by atoms with van der Waals surface area (Å²) in [4.78, 5) is 4.42. The molecule has 0 saturated carbocycles. The molecule has 0 fully saturated rings. The van der Waals surface area contributed by atoms with Crippen molar-refractivity contribution in [1.82, 2.24) is 9.55 Å². The average molecular weight is 510 g/mol. The molecule has 0 bridgehead atoms. The van der Waals surface area contributed by atoms with Crippen molar-refractivity contribution in [2.24, 2.45) is 0 Å². The largest absolute Gasteiger partial charge is 0.377 e. The van der Waals surface area contributed by atoms with Crippen molar-refractivity contribution in [2.75, 3.05) is 17.6 Å². The minimum atomic E-state index is -3.69. The second-order valence-electron chi connectivity index (χ2n) is 6.65. The summed E-state index contributed by atoms with van der Waals surface area (Å²) in [5, 5.41) is 1.25. The fourth-order valence-electron chi connectivity index (χ4n) is 3.20. The van der Waals surface area contributed by atoms with Gasteiger partial charge in [0, 0.05) is 9.84 Å². The minimum Gasteiger partial charge on any atom is -0.377 e. The lowest BCUT2D eigenvalue weighted by Gasteiger charge is -2.10. The van der Waals surface area contributed by atoms with E-state index >= 15 is 0 Å². The molecule has 0 N–H and O–H groups in total. The van der Waals surface area contributed by atoms with E-state index in [2.05, 4.69) is 45.8 Å². The number of para-hydroxylation sites is 2. The number of alkyl halides is 1. The van der Waals surface area contributed by atoms with Crippen molar-refractivity contribution in [3.63, 3.8) is 0 Å². The maximum absolute atomic E-state index is 13.0. The highest BCUT2D eigenvalue weighted by molar-refractivity contribution is 14.1. The van der Waals surface area contributed by atoms with Crippen LogP contribution >= 0.6 is 22.6 Å². The molecule has 0 amide bonds. The number of ether oxygens (including phenoxy) is 1. The Morgan fingerprint density at radius 1 is 1.14 bits per heavy atom. The first-order valence-electron chi connectivity index (χ1n) is 8.98. The van der Waals surface area contributed by atoms with Crippen LogP contribution in [0, 0.1) is 13.8 Å². The third kappa shape index (κ3) is 5.01. The second-order valence-corrected chi connectivity index (χ2v) is 9.45. The predicted octanol–water partition coefficient (Wildman–Crippen LogP) is 4.44. The Morgan fingerprint density at radius 3 is 2.57 bits per heavy atom. The van der Waals surface area contributed by atoms with E-state index in [0.717, 1.165) is 26.6 Å². The van der Waals surface area contributed by atoms with Crippen molar-refractivity contribution < 1.29 is 13.2 Å². The summed E-state index contributed by atoms with van der Waals surface area (Å²) in [5.41, 5.74) is 4.81. The average Bonchev–Trinajstić information content (AvgIpc) is 3.00. The van der Waals surface area contributed by atoms with Crippen LogP contribution in [-0.4, -0.2) is 35.6 Å². The minimum absolute atomic E-state index is 0.0537. The van der Waals surface area contributed by atoms with Gasteiger partial charge >= 0.3 is 0 Å². The van der Waals surface area contributed by atoms with E-state index in [1.807, 2.05) is 38.1 Å². The highest BCUT2D eigenvalue weighted by Crippen LogP contribution is 2.23. The Morgan fingerprint density at radius 2 is 1.86 bits per heavy atom. The molecule has 7 heteroatoms. The lowest BCUT2D eigenvalue weighted by molar-refractivity contribution is 0.182. The Bertz CT molecular complexity index is 1080. The van der Waals surface area contributed by atoms with E-state index in [4.69, 9.17) is 4.74 Å². The molecule has 0 atom stereocenters. The van der Waals surface area contributed by atoms with Crippen molar-refractivity contribution in [3.8, 4) is 0 Å². The molecule has 0 saturated heterocycles.